The number of ether oxygens (including phenoxy) is 1. The number of nitrogens with one attached hydrogen (secondary N) is 1. The van der Waals surface area contributed by atoms with Gasteiger partial charge in [0, 0.05) is 19.1 Å². The molecule has 1 N–H and O–H groups in total. The van der Waals surface area contributed by atoms with Crippen LogP contribution in [0.4, 0.5) is 0 Å². The van der Waals surface area contributed by atoms with E-state index >= 15 is 0 Å². The predicted octanol–water partition coefficient (Wildman–Crippen LogP) is 1.92. The molecule has 1 heterocycles. The lowest BCUT2D eigenvalue weighted by Crippen LogP contribution is -2.37. The third-order valence-electron chi connectivity index (χ3n) is 3.71. The van der Waals surface area contributed by atoms with E-state index in [1.165, 1.54) is 18.5 Å². The van der Waals surface area contributed by atoms with Crippen LogP contribution in [0.5, 0.6) is 5.75 Å². The molecular weight excluding hydrogens is 224 g/mol. The highest BCUT2D eigenvalue weighted by molar-refractivity contribution is 5.33. The molecule has 2 rings (SSSR count). The quantitative estimate of drug-likeness (QED) is 0.881. The Labute approximate surface area is 110 Å². The Morgan fingerprint density at radius 1 is 1.28 bits per heavy atom. The van der Waals surface area contributed by atoms with E-state index in [9.17, 15) is 0 Å². The van der Waals surface area contributed by atoms with E-state index in [2.05, 4.69) is 29.3 Å². The Morgan fingerprint density at radius 2 is 2.11 bits per heavy atom. The Kier molecular flexibility index (Phi) is 5.02. The maximum absolute atomic E-state index is 5.43. The molecule has 0 saturated carbocycles. The smallest absolute Gasteiger partial charge is 0.122 e. The van der Waals surface area contributed by atoms with Gasteiger partial charge in [0.2, 0.25) is 0 Å². The summed E-state index contributed by atoms with van der Waals surface area (Å²) < 4.78 is 5.43. The van der Waals surface area contributed by atoms with Crippen molar-refractivity contribution in [2.24, 2.45) is 0 Å². The average Bonchev–Trinajstić information content (AvgIpc) is 2.68. The molecule has 1 atom stereocenters. The normalized spacial score (nSPS) is 19.2. The minimum Gasteiger partial charge on any atom is -0.496 e. The van der Waals surface area contributed by atoms with Crippen molar-refractivity contribution in [3.63, 3.8) is 0 Å². The van der Waals surface area contributed by atoms with Gasteiger partial charge in [0.15, 0.2) is 0 Å². The molecule has 0 spiro atoms. The van der Waals surface area contributed by atoms with Crippen molar-refractivity contribution in [1.82, 2.24) is 10.2 Å². The SMILES string of the molecule is COc1ccccc1CC(C)N1CCCNCC1. The summed E-state index contributed by atoms with van der Waals surface area (Å²) in [6, 6.07) is 8.91. The first-order valence-corrected chi connectivity index (χ1v) is 6.88. The van der Waals surface area contributed by atoms with Crippen LogP contribution in [0.2, 0.25) is 0 Å². The van der Waals surface area contributed by atoms with Crippen molar-refractivity contribution in [3.8, 4) is 5.75 Å². The van der Waals surface area contributed by atoms with Crippen LogP contribution in [0.3, 0.4) is 0 Å². The van der Waals surface area contributed by atoms with Gasteiger partial charge in [0.1, 0.15) is 5.75 Å². The van der Waals surface area contributed by atoms with Crippen LogP contribution < -0.4 is 10.1 Å². The second-order valence-electron chi connectivity index (χ2n) is 5.00. The summed E-state index contributed by atoms with van der Waals surface area (Å²) in [6.45, 7) is 6.92. The number of hydrogen-bond acceptors (Lipinski definition) is 3. The first-order valence-electron chi connectivity index (χ1n) is 6.88. The molecule has 1 aliphatic rings. The summed E-state index contributed by atoms with van der Waals surface area (Å²) in [5, 5.41) is 3.45. The highest BCUT2D eigenvalue weighted by Gasteiger charge is 2.17. The molecule has 0 aromatic heterocycles. The summed E-state index contributed by atoms with van der Waals surface area (Å²) in [7, 11) is 1.75. The van der Waals surface area contributed by atoms with Crippen molar-refractivity contribution >= 4 is 0 Å². The van der Waals surface area contributed by atoms with E-state index in [4.69, 9.17) is 4.74 Å². The monoisotopic (exact) mass is 248 g/mol. The number of rotatable bonds is 4. The zero-order valence-corrected chi connectivity index (χ0v) is 11.5. The van der Waals surface area contributed by atoms with Gasteiger partial charge < -0.3 is 10.1 Å². The Balaban J connectivity index is 1.98. The molecule has 0 bridgehead atoms. The van der Waals surface area contributed by atoms with Crippen LogP contribution in [0, 0.1) is 0 Å². The topological polar surface area (TPSA) is 24.5 Å². The maximum atomic E-state index is 5.43. The van der Waals surface area contributed by atoms with Crippen LogP contribution >= 0.6 is 0 Å². The first kappa shape index (κ1) is 13.4. The summed E-state index contributed by atoms with van der Waals surface area (Å²) in [5.74, 6) is 1.01. The molecule has 100 valence electrons. The van der Waals surface area contributed by atoms with Crippen molar-refractivity contribution in [2.45, 2.75) is 25.8 Å². The highest BCUT2D eigenvalue weighted by Crippen LogP contribution is 2.20. The average molecular weight is 248 g/mol. The molecule has 1 aliphatic heterocycles. The fourth-order valence-corrected chi connectivity index (χ4v) is 2.63. The maximum Gasteiger partial charge on any atom is 0.122 e. The largest absolute Gasteiger partial charge is 0.496 e. The molecule has 3 heteroatoms. The molecule has 18 heavy (non-hydrogen) atoms. The minimum atomic E-state index is 0.571. The van der Waals surface area contributed by atoms with Crippen molar-refractivity contribution in [2.75, 3.05) is 33.3 Å². The van der Waals surface area contributed by atoms with Gasteiger partial charge in [-0.3, -0.25) is 4.90 Å². The number of para-hydroxylation sites is 1. The number of methoxy groups -OCH3 is 1. The van der Waals surface area contributed by atoms with Gasteiger partial charge in [-0.25, -0.2) is 0 Å². The van der Waals surface area contributed by atoms with E-state index in [0.29, 0.717) is 6.04 Å². The van der Waals surface area contributed by atoms with Crippen LogP contribution in [0.25, 0.3) is 0 Å². The zero-order chi connectivity index (χ0) is 12.8. The van der Waals surface area contributed by atoms with Crippen molar-refractivity contribution < 1.29 is 4.74 Å². The van der Waals surface area contributed by atoms with Gasteiger partial charge in [-0.05, 0) is 44.5 Å². The molecule has 0 amide bonds. The Bertz CT molecular complexity index is 359. The minimum absolute atomic E-state index is 0.571. The number of hydrogen-bond donors (Lipinski definition) is 1. The third-order valence-corrected chi connectivity index (χ3v) is 3.71. The summed E-state index contributed by atoms with van der Waals surface area (Å²) in [4.78, 5) is 2.58. The highest BCUT2D eigenvalue weighted by atomic mass is 16.5. The fraction of sp³-hybridized carbons (Fsp3) is 0.600. The van der Waals surface area contributed by atoms with E-state index in [1.54, 1.807) is 7.11 Å². The molecular formula is C15H24N2O. The molecule has 0 radical (unpaired) electrons. The third kappa shape index (κ3) is 3.47. The van der Waals surface area contributed by atoms with Crippen molar-refractivity contribution in [1.29, 1.82) is 0 Å². The summed E-state index contributed by atoms with van der Waals surface area (Å²) in [5.41, 5.74) is 1.31. The van der Waals surface area contributed by atoms with E-state index < -0.39 is 0 Å². The second-order valence-corrected chi connectivity index (χ2v) is 5.00. The predicted molar refractivity (Wildman–Crippen MR) is 75.2 cm³/mol. The van der Waals surface area contributed by atoms with Gasteiger partial charge in [0.25, 0.3) is 0 Å². The molecule has 1 aromatic rings. The molecule has 1 aromatic carbocycles. The summed E-state index contributed by atoms with van der Waals surface area (Å²) in [6.07, 6.45) is 2.31. The zero-order valence-electron chi connectivity index (χ0n) is 11.5. The van der Waals surface area contributed by atoms with E-state index in [0.717, 1.165) is 31.8 Å². The Morgan fingerprint density at radius 3 is 2.94 bits per heavy atom. The van der Waals surface area contributed by atoms with Gasteiger partial charge in [-0.1, -0.05) is 18.2 Å². The Hall–Kier alpha value is -1.06. The lowest BCUT2D eigenvalue weighted by Gasteiger charge is -2.27. The van der Waals surface area contributed by atoms with Crippen LogP contribution in [-0.2, 0) is 6.42 Å². The summed E-state index contributed by atoms with van der Waals surface area (Å²) >= 11 is 0. The van der Waals surface area contributed by atoms with Crippen molar-refractivity contribution in [3.05, 3.63) is 29.8 Å². The first-order chi connectivity index (χ1) is 8.81. The molecule has 3 nitrogen and oxygen atoms in total. The molecule has 1 unspecified atom stereocenters. The molecule has 1 saturated heterocycles. The molecule has 0 aliphatic carbocycles. The van der Waals surface area contributed by atoms with Gasteiger partial charge in [-0.2, -0.15) is 0 Å². The van der Waals surface area contributed by atoms with Gasteiger partial charge >= 0.3 is 0 Å². The van der Waals surface area contributed by atoms with Crippen LogP contribution in [-0.4, -0.2) is 44.2 Å². The standard InChI is InChI=1S/C15H24N2O/c1-13(17-10-5-8-16-9-11-17)12-14-6-3-4-7-15(14)18-2/h3-4,6-7,13,16H,5,8-12H2,1-2H3. The van der Waals surface area contributed by atoms with Gasteiger partial charge in [0.05, 0.1) is 7.11 Å². The van der Waals surface area contributed by atoms with E-state index in [1.807, 2.05) is 12.1 Å². The fourth-order valence-electron chi connectivity index (χ4n) is 2.63. The van der Waals surface area contributed by atoms with Crippen LogP contribution in [0.1, 0.15) is 18.9 Å². The second kappa shape index (κ2) is 6.76. The molecule has 1 fully saturated rings. The number of nitrogens with zero attached hydrogens (tertiary/aromatic N) is 1. The lowest BCUT2D eigenvalue weighted by atomic mass is 10.0. The number of benzene rings is 1. The van der Waals surface area contributed by atoms with Crippen LogP contribution in [0.15, 0.2) is 24.3 Å². The lowest BCUT2D eigenvalue weighted by molar-refractivity contribution is 0.220. The van der Waals surface area contributed by atoms with E-state index in [-0.39, 0.29) is 0 Å². The van der Waals surface area contributed by atoms with Gasteiger partial charge in [-0.15, -0.1) is 0 Å².